The van der Waals surface area contributed by atoms with Crippen LogP contribution in [0.5, 0.6) is 23.0 Å². The first kappa shape index (κ1) is 47.1. The molecule has 4 saturated heterocycles. The lowest BCUT2D eigenvalue weighted by atomic mass is 9.97. The third kappa shape index (κ3) is 9.19. The van der Waals surface area contributed by atoms with Gasteiger partial charge in [0.05, 0.1) is 25.4 Å². The summed E-state index contributed by atoms with van der Waals surface area (Å²) in [5.41, 5.74) is -1.36. The minimum absolute atomic E-state index is 0.0777. The Labute approximate surface area is 355 Å². The number of hydrogen-bond acceptors (Lipinski definition) is 24. The van der Waals surface area contributed by atoms with Crippen molar-refractivity contribution in [1.29, 1.82) is 0 Å². The molecule has 0 aliphatic carbocycles. The van der Waals surface area contributed by atoms with Crippen LogP contribution < -0.4 is 14.9 Å². The molecule has 63 heavy (non-hydrogen) atoms. The summed E-state index contributed by atoms with van der Waals surface area (Å²) in [6.45, 7) is 1.33. The summed E-state index contributed by atoms with van der Waals surface area (Å²) in [4.78, 5) is 14.3. The van der Waals surface area contributed by atoms with Crippen LogP contribution in [0.15, 0.2) is 45.6 Å². The third-order valence-electron chi connectivity index (χ3n) is 11.3. The van der Waals surface area contributed by atoms with Gasteiger partial charge in [-0.1, -0.05) is 0 Å². The maximum Gasteiger partial charge on any atom is 0.239 e. The van der Waals surface area contributed by atoms with Crippen molar-refractivity contribution in [3.05, 3.63) is 46.6 Å². The van der Waals surface area contributed by atoms with Gasteiger partial charge in [-0.3, -0.25) is 4.79 Å². The zero-order valence-corrected chi connectivity index (χ0v) is 33.3. The number of fused-ring (bicyclic) bond motifs is 1. The van der Waals surface area contributed by atoms with E-state index in [1.165, 1.54) is 38.1 Å². The Morgan fingerprint density at radius 2 is 1.14 bits per heavy atom. The highest BCUT2D eigenvalue weighted by Crippen LogP contribution is 2.39. The second-order valence-corrected chi connectivity index (χ2v) is 15.7. The Morgan fingerprint density at radius 3 is 1.81 bits per heavy atom. The van der Waals surface area contributed by atoms with Crippen LogP contribution in [0.2, 0.25) is 0 Å². The molecule has 24 nitrogen and oxygen atoms in total. The lowest BCUT2D eigenvalue weighted by Gasteiger charge is -2.45. The van der Waals surface area contributed by atoms with E-state index in [-0.39, 0.29) is 28.4 Å². The fraction of sp³-hybridized carbons (Fsp3) is 0.615. The van der Waals surface area contributed by atoms with Gasteiger partial charge in [0.2, 0.25) is 23.8 Å². The molecule has 3 aromatic rings. The van der Waals surface area contributed by atoms with Crippen molar-refractivity contribution in [2.75, 3.05) is 13.2 Å². The molecule has 0 unspecified atom stereocenters. The molecule has 4 aliphatic heterocycles. The van der Waals surface area contributed by atoms with Crippen molar-refractivity contribution < 1.29 is 114 Å². The van der Waals surface area contributed by atoms with E-state index in [1.807, 2.05) is 0 Å². The summed E-state index contributed by atoms with van der Waals surface area (Å²) in [6, 6.07) is 7.15. The van der Waals surface area contributed by atoms with E-state index in [0.29, 0.717) is 0 Å². The second-order valence-electron chi connectivity index (χ2n) is 15.7. The molecular formula is C39H50O24. The fourth-order valence-corrected chi connectivity index (χ4v) is 7.57. The molecule has 1 aromatic heterocycles. The predicted molar refractivity (Wildman–Crippen MR) is 202 cm³/mol. The van der Waals surface area contributed by atoms with Gasteiger partial charge in [-0.15, -0.1) is 0 Å². The van der Waals surface area contributed by atoms with Gasteiger partial charge in [0, 0.05) is 17.7 Å². The number of ether oxygens (including phenoxy) is 8. The molecule has 2 aromatic carbocycles. The SMILES string of the molecule is C[C@@H]1O[C@@H](O[C@@H]2[C@@H](O)[C@H](C)O[C@@H](Oc3cc(O)c4c(=O)c(O[C@@H]5O[C@H](CO[C@@H]6O[C@H](CO)[C@H](O)[C@H](O)[C@H]6O)[C@@H](O)[C@H](O)[C@H]5O)c(-c5ccc(O)cc5)oc4c3)[C@@H]2O)[C@H](O)[C@H](O)[C@H]1O. The maximum absolute atomic E-state index is 14.3. The van der Waals surface area contributed by atoms with Crippen molar-refractivity contribution >= 4 is 11.0 Å². The van der Waals surface area contributed by atoms with E-state index in [4.69, 9.17) is 42.3 Å². The van der Waals surface area contributed by atoms with Crippen LogP contribution >= 0.6 is 0 Å². The Balaban J connectivity index is 1.16. The molecule has 0 saturated carbocycles. The van der Waals surface area contributed by atoms with Gasteiger partial charge in [-0.05, 0) is 38.1 Å². The highest BCUT2D eigenvalue weighted by Gasteiger charge is 2.51. The standard InChI is InChI=1S/C39H50O24/c1-11-21(43)26(48)30(52)37(56-11)62-34-22(44)12(2)57-39(32(34)54)58-15-7-16(42)20-17(8-15)59-33(13-3-5-14(41)6-4-13)35(25(20)47)63-38-31(53)28(50)24(46)19(61-38)10-55-36-29(51)27(49)23(45)18(9-40)60-36/h3-8,11-12,18-19,21-24,26-32,34,36-46,48-54H,9-10H2,1-2H3/t11-,12-,18+,19+,21-,22-,23-,24+,26+,27-,28-,29+,30+,31+,32+,34+,36+,37-,38-,39-/m0/s1. The Morgan fingerprint density at radius 1 is 0.587 bits per heavy atom. The van der Waals surface area contributed by atoms with Crippen molar-refractivity contribution in [2.45, 2.75) is 137 Å². The van der Waals surface area contributed by atoms with Crippen molar-refractivity contribution in [3.8, 4) is 34.3 Å². The normalized spacial score (nSPS) is 41.0. The summed E-state index contributed by atoms with van der Waals surface area (Å²) < 4.78 is 51.1. The zero-order valence-electron chi connectivity index (χ0n) is 33.3. The molecule has 20 atom stereocenters. The number of aromatic hydroxyl groups is 2. The molecule has 24 heteroatoms. The van der Waals surface area contributed by atoms with Crippen LogP contribution in [0.1, 0.15) is 13.8 Å². The van der Waals surface area contributed by atoms with Gasteiger partial charge >= 0.3 is 0 Å². The Hall–Kier alpha value is -3.87. The van der Waals surface area contributed by atoms with Gasteiger partial charge in [0.15, 0.2) is 18.3 Å². The fourth-order valence-electron chi connectivity index (χ4n) is 7.57. The summed E-state index contributed by atoms with van der Waals surface area (Å²) in [5, 5.41) is 146. The van der Waals surface area contributed by atoms with E-state index >= 15 is 0 Å². The smallest absolute Gasteiger partial charge is 0.239 e. The molecular weight excluding hydrogens is 852 g/mol. The van der Waals surface area contributed by atoms with Crippen molar-refractivity contribution in [3.63, 3.8) is 0 Å². The third-order valence-corrected chi connectivity index (χ3v) is 11.3. The first-order valence-corrected chi connectivity index (χ1v) is 19.8. The van der Waals surface area contributed by atoms with E-state index in [9.17, 15) is 76.3 Å². The van der Waals surface area contributed by atoms with Gasteiger partial charge in [-0.2, -0.15) is 0 Å². The summed E-state index contributed by atoms with van der Waals surface area (Å²) >= 11 is 0. The molecule has 5 heterocycles. The molecule has 4 aliphatic rings. The zero-order chi connectivity index (χ0) is 45.8. The van der Waals surface area contributed by atoms with E-state index in [2.05, 4.69) is 0 Å². The van der Waals surface area contributed by atoms with Crippen LogP contribution in [-0.4, -0.2) is 208 Å². The highest BCUT2D eigenvalue weighted by atomic mass is 16.7. The lowest BCUT2D eigenvalue weighted by Crippen LogP contribution is -2.63. The topological polar surface area (TPSA) is 387 Å². The van der Waals surface area contributed by atoms with E-state index < -0.39 is 158 Å². The van der Waals surface area contributed by atoms with Gasteiger partial charge in [0.25, 0.3) is 0 Å². The van der Waals surface area contributed by atoms with Gasteiger partial charge in [0.1, 0.15) is 114 Å². The molecule has 7 rings (SSSR count). The number of rotatable bonds is 11. The van der Waals surface area contributed by atoms with Crippen molar-refractivity contribution in [2.24, 2.45) is 0 Å². The minimum Gasteiger partial charge on any atom is -0.508 e. The van der Waals surface area contributed by atoms with Gasteiger partial charge < -0.3 is 114 Å². The Kier molecular flexibility index (Phi) is 14.1. The molecule has 350 valence electrons. The summed E-state index contributed by atoms with van der Waals surface area (Å²) in [6.07, 6.45) is -33.1. The molecule has 0 amide bonds. The second kappa shape index (κ2) is 18.9. The van der Waals surface area contributed by atoms with Crippen molar-refractivity contribution in [1.82, 2.24) is 0 Å². The number of benzene rings is 2. The average Bonchev–Trinajstić information content (AvgIpc) is 3.25. The number of aliphatic hydroxyl groups is 12. The number of phenolic OH excluding ortho intramolecular Hbond substituents is 2. The molecule has 0 radical (unpaired) electrons. The van der Waals surface area contributed by atoms with Crippen LogP contribution in [0.25, 0.3) is 22.3 Å². The molecule has 0 spiro atoms. The number of phenols is 2. The monoisotopic (exact) mass is 902 g/mol. The summed E-state index contributed by atoms with van der Waals surface area (Å²) in [5.74, 6) is -2.35. The molecule has 4 fully saturated rings. The van der Waals surface area contributed by atoms with Gasteiger partial charge in [-0.25, -0.2) is 0 Å². The van der Waals surface area contributed by atoms with E-state index in [0.717, 1.165) is 12.1 Å². The van der Waals surface area contributed by atoms with E-state index in [1.54, 1.807) is 0 Å². The first-order chi connectivity index (χ1) is 29.8. The average molecular weight is 903 g/mol. The summed E-state index contributed by atoms with van der Waals surface area (Å²) in [7, 11) is 0. The lowest BCUT2D eigenvalue weighted by molar-refractivity contribution is -0.346. The van der Waals surface area contributed by atoms with Crippen LogP contribution in [0.4, 0.5) is 0 Å². The molecule has 0 bridgehead atoms. The minimum atomic E-state index is -2.06. The van der Waals surface area contributed by atoms with Crippen LogP contribution in [0.3, 0.4) is 0 Å². The van der Waals surface area contributed by atoms with Crippen LogP contribution in [0, 0.1) is 0 Å². The quantitative estimate of drug-likeness (QED) is 0.0856. The number of aliphatic hydroxyl groups excluding tert-OH is 12. The highest BCUT2D eigenvalue weighted by molar-refractivity contribution is 5.88. The number of hydrogen-bond donors (Lipinski definition) is 14. The molecule has 14 N–H and O–H groups in total. The first-order valence-electron chi connectivity index (χ1n) is 19.8. The van der Waals surface area contributed by atoms with Crippen LogP contribution in [-0.2, 0) is 28.4 Å². The largest absolute Gasteiger partial charge is 0.508 e. The predicted octanol–water partition coefficient (Wildman–Crippen LogP) is -5.07. The maximum atomic E-state index is 14.3. The Bertz CT molecular complexity index is 2080.